The first-order valence-electron chi connectivity index (χ1n) is 6.31. The Bertz CT molecular complexity index is 370. The Hall–Kier alpha value is -1.22. The van der Waals surface area contributed by atoms with Crippen molar-refractivity contribution < 1.29 is 9.47 Å². The lowest BCUT2D eigenvalue weighted by atomic mass is 9.90. The number of hydrogen-bond acceptors (Lipinski definition) is 3. The van der Waals surface area contributed by atoms with E-state index in [2.05, 4.69) is 6.07 Å². The van der Waals surface area contributed by atoms with E-state index in [0.29, 0.717) is 5.92 Å². The van der Waals surface area contributed by atoms with E-state index in [0.717, 1.165) is 37.5 Å². The fourth-order valence-electron chi connectivity index (χ4n) is 2.28. The highest BCUT2D eigenvalue weighted by atomic mass is 16.5. The van der Waals surface area contributed by atoms with Crippen molar-refractivity contribution in [3.63, 3.8) is 0 Å². The van der Waals surface area contributed by atoms with Crippen molar-refractivity contribution in [2.45, 2.75) is 38.7 Å². The molecule has 1 aliphatic heterocycles. The van der Waals surface area contributed by atoms with Crippen LogP contribution in [0.5, 0.6) is 5.75 Å². The molecule has 0 spiro atoms. The molecule has 0 unspecified atom stereocenters. The van der Waals surface area contributed by atoms with Gasteiger partial charge in [-0.05, 0) is 44.2 Å². The van der Waals surface area contributed by atoms with Gasteiger partial charge in [-0.2, -0.15) is 0 Å². The molecule has 3 heteroatoms. The Morgan fingerprint density at radius 1 is 1.29 bits per heavy atom. The van der Waals surface area contributed by atoms with Crippen LogP contribution in [0.15, 0.2) is 18.2 Å². The van der Waals surface area contributed by atoms with Crippen LogP contribution in [-0.2, 0) is 4.74 Å². The first-order chi connectivity index (χ1) is 8.18. The van der Waals surface area contributed by atoms with Crippen LogP contribution in [0.1, 0.15) is 38.2 Å². The quantitative estimate of drug-likeness (QED) is 0.819. The topological polar surface area (TPSA) is 44.5 Å². The van der Waals surface area contributed by atoms with Crippen molar-refractivity contribution in [1.29, 1.82) is 0 Å². The average Bonchev–Trinajstić information content (AvgIpc) is 2.32. The van der Waals surface area contributed by atoms with Gasteiger partial charge in [0.15, 0.2) is 0 Å². The van der Waals surface area contributed by atoms with Gasteiger partial charge in [-0.1, -0.05) is 12.1 Å². The molecule has 17 heavy (non-hydrogen) atoms. The van der Waals surface area contributed by atoms with E-state index >= 15 is 0 Å². The standard InChI is InChI=1S/C14H21NO2/c1-10(2)17-14-12(4-3-5-13(14)15)11-6-8-16-9-7-11/h3-5,10-11H,6-9,15H2,1-2H3. The van der Waals surface area contributed by atoms with Crippen LogP contribution in [0.2, 0.25) is 0 Å². The molecule has 0 saturated carbocycles. The molecule has 1 heterocycles. The summed E-state index contributed by atoms with van der Waals surface area (Å²) in [5, 5.41) is 0. The van der Waals surface area contributed by atoms with E-state index in [-0.39, 0.29) is 6.10 Å². The van der Waals surface area contributed by atoms with Gasteiger partial charge in [-0.3, -0.25) is 0 Å². The average molecular weight is 235 g/mol. The van der Waals surface area contributed by atoms with E-state index in [9.17, 15) is 0 Å². The maximum atomic E-state index is 6.02. The molecular weight excluding hydrogens is 214 g/mol. The third-order valence-corrected chi connectivity index (χ3v) is 3.09. The molecule has 2 rings (SSSR count). The van der Waals surface area contributed by atoms with Crippen molar-refractivity contribution in [1.82, 2.24) is 0 Å². The maximum absolute atomic E-state index is 6.02. The minimum atomic E-state index is 0.151. The number of nitrogens with two attached hydrogens (primary N) is 1. The number of benzene rings is 1. The van der Waals surface area contributed by atoms with Crippen molar-refractivity contribution in [3.8, 4) is 5.75 Å². The molecule has 3 nitrogen and oxygen atoms in total. The second-order valence-corrected chi connectivity index (χ2v) is 4.82. The highest BCUT2D eigenvalue weighted by Gasteiger charge is 2.21. The summed E-state index contributed by atoms with van der Waals surface area (Å²) < 4.78 is 11.3. The number of para-hydroxylation sites is 1. The van der Waals surface area contributed by atoms with Crippen LogP contribution in [-0.4, -0.2) is 19.3 Å². The SMILES string of the molecule is CC(C)Oc1c(N)cccc1C1CCOCC1. The monoisotopic (exact) mass is 235 g/mol. The van der Waals surface area contributed by atoms with Crippen LogP contribution in [0.3, 0.4) is 0 Å². The Morgan fingerprint density at radius 3 is 2.65 bits per heavy atom. The molecule has 1 aliphatic rings. The fraction of sp³-hybridized carbons (Fsp3) is 0.571. The molecule has 0 amide bonds. The summed E-state index contributed by atoms with van der Waals surface area (Å²) >= 11 is 0. The van der Waals surface area contributed by atoms with Crippen LogP contribution in [0.25, 0.3) is 0 Å². The second kappa shape index (κ2) is 5.41. The molecule has 94 valence electrons. The molecule has 1 fully saturated rings. The van der Waals surface area contributed by atoms with Gasteiger partial charge in [-0.25, -0.2) is 0 Å². The van der Waals surface area contributed by atoms with Gasteiger partial charge in [0.05, 0.1) is 11.8 Å². The molecule has 0 aromatic heterocycles. The first-order valence-corrected chi connectivity index (χ1v) is 6.31. The van der Waals surface area contributed by atoms with Gasteiger partial charge >= 0.3 is 0 Å². The highest BCUT2D eigenvalue weighted by molar-refractivity contribution is 5.58. The lowest BCUT2D eigenvalue weighted by molar-refractivity contribution is 0.0843. The largest absolute Gasteiger partial charge is 0.489 e. The van der Waals surface area contributed by atoms with Gasteiger partial charge < -0.3 is 15.2 Å². The predicted octanol–water partition coefficient (Wildman–Crippen LogP) is 2.95. The summed E-state index contributed by atoms with van der Waals surface area (Å²) in [6, 6.07) is 6.04. The van der Waals surface area contributed by atoms with E-state index in [1.54, 1.807) is 0 Å². The van der Waals surface area contributed by atoms with E-state index in [1.165, 1.54) is 5.56 Å². The number of hydrogen-bond donors (Lipinski definition) is 1. The lowest BCUT2D eigenvalue weighted by Gasteiger charge is -2.26. The Labute approximate surface area is 103 Å². The van der Waals surface area contributed by atoms with Crippen LogP contribution in [0.4, 0.5) is 5.69 Å². The van der Waals surface area contributed by atoms with Crippen molar-refractivity contribution in [3.05, 3.63) is 23.8 Å². The minimum absolute atomic E-state index is 0.151. The summed E-state index contributed by atoms with van der Waals surface area (Å²) in [4.78, 5) is 0. The normalized spacial score (nSPS) is 17.4. The van der Waals surface area contributed by atoms with Crippen molar-refractivity contribution in [2.75, 3.05) is 18.9 Å². The Balaban J connectivity index is 2.27. The molecule has 0 bridgehead atoms. The number of rotatable bonds is 3. The van der Waals surface area contributed by atoms with E-state index < -0.39 is 0 Å². The third kappa shape index (κ3) is 2.91. The van der Waals surface area contributed by atoms with Gasteiger partial charge in [0.25, 0.3) is 0 Å². The summed E-state index contributed by atoms with van der Waals surface area (Å²) in [5.41, 5.74) is 8.00. The van der Waals surface area contributed by atoms with Gasteiger partial charge in [0.2, 0.25) is 0 Å². The smallest absolute Gasteiger partial charge is 0.146 e. The maximum Gasteiger partial charge on any atom is 0.146 e. The molecule has 0 radical (unpaired) electrons. The zero-order valence-corrected chi connectivity index (χ0v) is 10.6. The predicted molar refractivity (Wildman–Crippen MR) is 69.4 cm³/mol. The number of ether oxygens (including phenoxy) is 2. The summed E-state index contributed by atoms with van der Waals surface area (Å²) in [7, 11) is 0. The second-order valence-electron chi connectivity index (χ2n) is 4.82. The zero-order valence-electron chi connectivity index (χ0n) is 10.6. The van der Waals surface area contributed by atoms with Gasteiger partial charge in [0, 0.05) is 13.2 Å². The van der Waals surface area contributed by atoms with Crippen molar-refractivity contribution >= 4 is 5.69 Å². The lowest BCUT2D eigenvalue weighted by Crippen LogP contribution is -2.17. The van der Waals surface area contributed by atoms with Crippen LogP contribution >= 0.6 is 0 Å². The molecule has 2 N–H and O–H groups in total. The third-order valence-electron chi connectivity index (χ3n) is 3.09. The minimum Gasteiger partial charge on any atom is -0.489 e. The Kier molecular flexibility index (Phi) is 3.89. The summed E-state index contributed by atoms with van der Waals surface area (Å²) in [6.07, 6.45) is 2.26. The number of nitrogen functional groups attached to an aromatic ring is 1. The van der Waals surface area contributed by atoms with E-state index in [1.807, 2.05) is 26.0 Å². The molecule has 0 atom stereocenters. The van der Waals surface area contributed by atoms with Crippen LogP contribution < -0.4 is 10.5 Å². The fourth-order valence-corrected chi connectivity index (χ4v) is 2.28. The highest BCUT2D eigenvalue weighted by Crippen LogP contribution is 2.37. The molecule has 1 saturated heterocycles. The van der Waals surface area contributed by atoms with Crippen molar-refractivity contribution in [2.24, 2.45) is 0 Å². The first kappa shape index (κ1) is 12.2. The zero-order chi connectivity index (χ0) is 12.3. The molecule has 1 aromatic rings. The van der Waals surface area contributed by atoms with Gasteiger partial charge in [0.1, 0.15) is 5.75 Å². The Morgan fingerprint density at radius 2 is 2.00 bits per heavy atom. The molecular formula is C14H21NO2. The number of anilines is 1. The van der Waals surface area contributed by atoms with E-state index in [4.69, 9.17) is 15.2 Å². The molecule has 1 aromatic carbocycles. The molecule has 0 aliphatic carbocycles. The van der Waals surface area contributed by atoms with Gasteiger partial charge in [-0.15, -0.1) is 0 Å². The summed E-state index contributed by atoms with van der Waals surface area (Å²) in [6.45, 7) is 5.72. The van der Waals surface area contributed by atoms with Crippen LogP contribution in [0, 0.1) is 0 Å². The summed E-state index contributed by atoms with van der Waals surface area (Å²) in [5.74, 6) is 1.38.